The Hall–Kier alpha value is -5.22. The summed E-state index contributed by atoms with van der Waals surface area (Å²) in [5, 5.41) is 8.05. The van der Waals surface area contributed by atoms with Crippen LogP contribution in [0, 0.1) is 0 Å². The predicted octanol–water partition coefficient (Wildman–Crippen LogP) is 6.63. The van der Waals surface area contributed by atoms with Gasteiger partial charge in [0, 0.05) is 22.2 Å². The molecular formula is C35H35N3O6S. The number of rotatable bonds is 13. The number of thioether (sulfide) groups is 1. The second-order valence-corrected chi connectivity index (χ2v) is 11.1. The van der Waals surface area contributed by atoms with E-state index in [1.807, 2.05) is 25.1 Å². The fourth-order valence-corrected chi connectivity index (χ4v) is 5.02. The molecule has 9 nitrogen and oxygen atoms in total. The zero-order valence-corrected chi connectivity index (χ0v) is 26.3. The molecule has 0 aliphatic rings. The van der Waals surface area contributed by atoms with E-state index in [1.165, 1.54) is 18.9 Å². The molecule has 0 aliphatic carbocycles. The second kappa shape index (κ2) is 16.0. The first kappa shape index (κ1) is 32.7. The highest BCUT2D eigenvalue weighted by molar-refractivity contribution is 8.00. The van der Waals surface area contributed by atoms with Gasteiger partial charge in [-0.3, -0.25) is 14.4 Å². The number of carbonyl (C=O) groups excluding carboxylic acids is 3. The molecule has 0 aromatic heterocycles. The van der Waals surface area contributed by atoms with E-state index in [0.29, 0.717) is 46.4 Å². The standard InChI is InChI=1S/C35H35N3O6S/c1-5-44-27-15-11-24(12-16-27)21-31(38-34(40)25-9-7-6-8-10-25)35(41)36-26-13-18-29(19-14-26)45-23(2)33(39)37-30-22-28(42-3)17-20-32(30)43-4/h6-23H,5H2,1-4H3,(H,36,41)(H,37,39)(H,38,40)/b31-21-. The third-order valence-corrected chi connectivity index (χ3v) is 7.60. The number of hydrogen-bond acceptors (Lipinski definition) is 7. The number of amides is 3. The Kier molecular flexibility index (Phi) is 11.6. The highest BCUT2D eigenvalue weighted by Crippen LogP contribution is 2.31. The van der Waals surface area contributed by atoms with Gasteiger partial charge < -0.3 is 30.2 Å². The Morgan fingerprint density at radius 3 is 2.16 bits per heavy atom. The molecule has 0 saturated heterocycles. The minimum atomic E-state index is -0.492. The molecule has 1 unspecified atom stereocenters. The zero-order valence-electron chi connectivity index (χ0n) is 25.5. The second-order valence-electron chi connectivity index (χ2n) is 9.67. The fraction of sp³-hybridized carbons (Fsp3) is 0.171. The SMILES string of the molecule is CCOc1ccc(/C=C(\NC(=O)c2ccccc2)C(=O)Nc2ccc(SC(C)C(=O)Nc3cc(OC)ccc3OC)cc2)cc1. The van der Waals surface area contributed by atoms with Crippen molar-refractivity contribution in [3.05, 3.63) is 114 Å². The molecule has 4 aromatic carbocycles. The third-order valence-electron chi connectivity index (χ3n) is 6.49. The minimum Gasteiger partial charge on any atom is -0.497 e. The molecule has 0 heterocycles. The van der Waals surface area contributed by atoms with Crippen molar-refractivity contribution >= 4 is 46.9 Å². The quantitative estimate of drug-likeness (QED) is 0.113. The van der Waals surface area contributed by atoms with Gasteiger partial charge in [-0.2, -0.15) is 0 Å². The molecule has 1 atom stereocenters. The van der Waals surface area contributed by atoms with Crippen LogP contribution >= 0.6 is 11.8 Å². The van der Waals surface area contributed by atoms with Crippen molar-refractivity contribution in [3.8, 4) is 17.2 Å². The van der Waals surface area contributed by atoms with E-state index in [9.17, 15) is 14.4 Å². The number of ether oxygens (including phenoxy) is 3. The van der Waals surface area contributed by atoms with Crippen LogP contribution in [0.5, 0.6) is 17.2 Å². The van der Waals surface area contributed by atoms with Crippen LogP contribution in [0.2, 0.25) is 0 Å². The maximum Gasteiger partial charge on any atom is 0.272 e. The van der Waals surface area contributed by atoms with Gasteiger partial charge in [-0.25, -0.2) is 0 Å². The lowest BCUT2D eigenvalue weighted by molar-refractivity contribution is -0.115. The van der Waals surface area contributed by atoms with Crippen LogP contribution in [-0.2, 0) is 9.59 Å². The van der Waals surface area contributed by atoms with Crippen molar-refractivity contribution in [3.63, 3.8) is 0 Å². The zero-order chi connectivity index (χ0) is 32.2. The maximum absolute atomic E-state index is 13.4. The summed E-state index contributed by atoms with van der Waals surface area (Å²) in [5.41, 5.74) is 2.24. The summed E-state index contributed by atoms with van der Waals surface area (Å²) in [6, 6.07) is 28.2. The molecule has 0 radical (unpaired) electrons. The van der Waals surface area contributed by atoms with Gasteiger partial charge in [0.1, 0.15) is 22.9 Å². The molecule has 3 amide bonds. The van der Waals surface area contributed by atoms with Crippen molar-refractivity contribution in [2.75, 3.05) is 31.5 Å². The van der Waals surface area contributed by atoms with Crippen LogP contribution in [0.1, 0.15) is 29.8 Å². The van der Waals surface area contributed by atoms with E-state index in [0.717, 1.165) is 4.90 Å². The molecule has 232 valence electrons. The summed E-state index contributed by atoms with van der Waals surface area (Å²) in [6.45, 7) is 4.24. The van der Waals surface area contributed by atoms with E-state index >= 15 is 0 Å². The van der Waals surface area contributed by atoms with Gasteiger partial charge in [0.15, 0.2) is 0 Å². The van der Waals surface area contributed by atoms with E-state index < -0.39 is 17.1 Å². The molecule has 4 aromatic rings. The molecule has 3 N–H and O–H groups in total. The van der Waals surface area contributed by atoms with Gasteiger partial charge in [0.05, 0.1) is 31.8 Å². The van der Waals surface area contributed by atoms with Gasteiger partial charge in [-0.05, 0) is 86.2 Å². The van der Waals surface area contributed by atoms with Crippen molar-refractivity contribution in [2.45, 2.75) is 24.0 Å². The highest BCUT2D eigenvalue weighted by atomic mass is 32.2. The first-order valence-electron chi connectivity index (χ1n) is 14.2. The monoisotopic (exact) mass is 625 g/mol. The number of carbonyl (C=O) groups is 3. The summed E-state index contributed by atoms with van der Waals surface area (Å²) in [4.78, 5) is 40.1. The third kappa shape index (κ3) is 9.38. The summed E-state index contributed by atoms with van der Waals surface area (Å²) in [5.74, 6) is 0.724. The Labute approximate surface area is 267 Å². The minimum absolute atomic E-state index is 0.0738. The molecule has 0 fully saturated rings. The molecular weight excluding hydrogens is 590 g/mol. The van der Waals surface area contributed by atoms with Crippen molar-refractivity contribution < 1.29 is 28.6 Å². The van der Waals surface area contributed by atoms with Crippen LogP contribution < -0.4 is 30.2 Å². The summed E-state index contributed by atoms with van der Waals surface area (Å²) >= 11 is 1.37. The lowest BCUT2D eigenvalue weighted by atomic mass is 10.1. The number of nitrogens with one attached hydrogen (secondary N) is 3. The first-order chi connectivity index (χ1) is 21.8. The predicted molar refractivity (Wildman–Crippen MR) is 178 cm³/mol. The average molecular weight is 626 g/mol. The first-order valence-corrected chi connectivity index (χ1v) is 15.1. The Bertz CT molecular complexity index is 1640. The lowest BCUT2D eigenvalue weighted by Crippen LogP contribution is -2.30. The van der Waals surface area contributed by atoms with Crippen LogP contribution in [0.15, 0.2) is 108 Å². The number of hydrogen-bond donors (Lipinski definition) is 3. The van der Waals surface area contributed by atoms with Gasteiger partial charge >= 0.3 is 0 Å². The van der Waals surface area contributed by atoms with Crippen LogP contribution in [0.25, 0.3) is 6.08 Å². The lowest BCUT2D eigenvalue weighted by Gasteiger charge is -2.15. The summed E-state index contributed by atoms with van der Waals surface area (Å²) in [7, 11) is 3.09. The summed E-state index contributed by atoms with van der Waals surface area (Å²) < 4.78 is 16.1. The van der Waals surface area contributed by atoms with Gasteiger partial charge in [0.2, 0.25) is 5.91 Å². The number of methoxy groups -OCH3 is 2. The van der Waals surface area contributed by atoms with Crippen molar-refractivity contribution in [1.29, 1.82) is 0 Å². The maximum atomic E-state index is 13.4. The molecule has 4 rings (SSSR count). The van der Waals surface area contributed by atoms with E-state index in [2.05, 4.69) is 16.0 Å². The molecule has 10 heteroatoms. The Balaban J connectivity index is 1.44. The van der Waals surface area contributed by atoms with Crippen molar-refractivity contribution in [2.24, 2.45) is 0 Å². The van der Waals surface area contributed by atoms with Crippen LogP contribution in [0.3, 0.4) is 0 Å². The molecule has 0 aliphatic heterocycles. The number of anilines is 2. The Morgan fingerprint density at radius 1 is 0.822 bits per heavy atom. The molecule has 45 heavy (non-hydrogen) atoms. The number of benzene rings is 4. The largest absolute Gasteiger partial charge is 0.497 e. The fourth-order valence-electron chi connectivity index (χ4n) is 4.16. The van der Waals surface area contributed by atoms with Gasteiger partial charge in [-0.1, -0.05) is 30.3 Å². The summed E-state index contributed by atoms with van der Waals surface area (Å²) in [6.07, 6.45) is 1.60. The van der Waals surface area contributed by atoms with Crippen molar-refractivity contribution in [1.82, 2.24) is 5.32 Å². The van der Waals surface area contributed by atoms with E-state index in [4.69, 9.17) is 14.2 Å². The molecule has 0 saturated carbocycles. The Morgan fingerprint density at radius 2 is 1.51 bits per heavy atom. The normalized spacial score (nSPS) is 11.6. The average Bonchev–Trinajstić information content (AvgIpc) is 3.06. The smallest absolute Gasteiger partial charge is 0.272 e. The molecule has 0 spiro atoms. The molecule has 0 bridgehead atoms. The van der Waals surface area contributed by atoms with E-state index in [1.54, 1.807) is 99.0 Å². The topological polar surface area (TPSA) is 115 Å². The van der Waals surface area contributed by atoms with Gasteiger partial charge in [0.25, 0.3) is 11.8 Å². The van der Waals surface area contributed by atoms with Crippen LogP contribution in [0.4, 0.5) is 11.4 Å². The van der Waals surface area contributed by atoms with E-state index in [-0.39, 0.29) is 11.6 Å². The van der Waals surface area contributed by atoms with Gasteiger partial charge in [-0.15, -0.1) is 11.8 Å². The highest BCUT2D eigenvalue weighted by Gasteiger charge is 2.18. The van der Waals surface area contributed by atoms with Crippen LogP contribution in [-0.4, -0.2) is 43.8 Å².